The van der Waals surface area contributed by atoms with E-state index in [0.717, 1.165) is 11.3 Å². The minimum Gasteiger partial charge on any atom is -0.496 e. The number of fused-ring (bicyclic) bond motifs is 1. The molecule has 130 valence electrons. The molecule has 0 saturated carbocycles. The van der Waals surface area contributed by atoms with E-state index in [4.69, 9.17) is 18.6 Å². The highest BCUT2D eigenvalue weighted by atomic mass is 16.5. The maximum Gasteiger partial charge on any atom is 0.193 e. The Kier molecular flexibility index (Phi) is 4.93. The topological polar surface area (TPSA) is 57.9 Å². The molecular formula is C20H20O5. The summed E-state index contributed by atoms with van der Waals surface area (Å²) in [7, 11) is 4.73. The summed E-state index contributed by atoms with van der Waals surface area (Å²) in [6, 6.07) is 12.7. The molecule has 0 radical (unpaired) electrons. The van der Waals surface area contributed by atoms with Crippen LogP contribution in [0.4, 0.5) is 0 Å². The molecule has 5 nitrogen and oxygen atoms in total. The van der Waals surface area contributed by atoms with Crippen LogP contribution in [-0.2, 0) is 12.8 Å². The lowest BCUT2D eigenvalue weighted by molar-refractivity contribution is 0.355. The minimum atomic E-state index is -0.0998. The van der Waals surface area contributed by atoms with E-state index < -0.39 is 0 Å². The molecule has 2 aromatic carbocycles. The van der Waals surface area contributed by atoms with E-state index in [1.54, 1.807) is 26.4 Å². The smallest absolute Gasteiger partial charge is 0.193 e. The lowest BCUT2D eigenvalue weighted by Gasteiger charge is -2.10. The predicted molar refractivity (Wildman–Crippen MR) is 96.0 cm³/mol. The number of para-hydroxylation sites is 1. The van der Waals surface area contributed by atoms with Gasteiger partial charge in [0.1, 0.15) is 17.1 Å². The van der Waals surface area contributed by atoms with Gasteiger partial charge < -0.3 is 18.6 Å². The van der Waals surface area contributed by atoms with Crippen molar-refractivity contribution in [2.45, 2.75) is 12.8 Å². The van der Waals surface area contributed by atoms with Gasteiger partial charge in [0.25, 0.3) is 0 Å². The van der Waals surface area contributed by atoms with Gasteiger partial charge in [0.15, 0.2) is 16.9 Å². The first-order valence-corrected chi connectivity index (χ1v) is 7.97. The fraction of sp³-hybridized carbons (Fsp3) is 0.250. The van der Waals surface area contributed by atoms with Gasteiger partial charge in [0.05, 0.1) is 26.7 Å². The second kappa shape index (κ2) is 7.30. The molecule has 3 aromatic rings. The summed E-state index contributed by atoms with van der Waals surface area (Å²) in [6.07, 6.45) is 1.31. The Morgan fingerprint density at radius 2 is 1.52 bits per heavy atom. The Morgan fingerprint density at radius 1 is 0.840 bits per heavy atom. The zero-order chi connectivity index (χ0) is 17.8. The van der Waals surface area contributed by atoms with Gasteiger partial charge >= 0.3 is 0 Å². The second-order valence-electron chi connectivity index (χ2n) is 5.59. The molecular weight excluding hydrogens is 320 g/mol. The summed E-state index contributed by atoms with van der Waals surface area (Å²) in [5.74, 6) is 2.48. The van der Waals surface area contributed by atoms with E-state index >= 15 is 0 Å². The van der Waals surface area contributed by atoms with E-state index in [1.165, 1.54) is 13.2 Å². The normalized spacial score (nSPS) is 10.7. The van der Waals surface area contributed by atoms with Gasteiger partial charge in [-0.3, -0.25) is 4.79 Å². The zero-order valence-corrected chi connectivity index (χ0v) is 14.5. The Balaban J connectivity index is 1.93. The predicted octanol–water partition coefficient (Wildman–Crippen LogP) is 3.60. The quantitative estimate of drug-likeness (QED) is 0.686. The van der Waals surface area contributed by atoms with Crippen molar-refractivity contribution in [3.63, 3.8) is 0 Å². The third-order valence-electron chi connectivity index (χ3n) is 4.12. The van der Waals surface area contributed by atoms with Crippen molar-refractivity contribution in [1.29, 1.82) is 0 Å². The summed E-state index contributed by atoms with van der Waals surface area (Å²) in [5, 5.41) is 0.471. The molecule has 0 spiro atoms. The Labute approximate surface area is 145 Å². The van der Waals surface area contributed by atoms with Crippen LogP contribution in [0.5, 0.6) is 17.2 Å². The average Bonchev–Trinajstić information content (AvgIpc) is 2.65. The zero-order valence-electron chi connectivity index (χ0n) is 14.5. The number of rotatable bonds is 6. The van der Waals surface area contributed by atoms with Crippen LogP contribution in [0.2, 0.25) is 0 Å². The van der Waals surface area contributed by atoms with E-state index in [9.17, 15) is 4.79 Å². The summed E-state index contributed by atoms with van der Waals surface area (Å²) in [6.45, 7) is 0. The van der Waals surface area contributed by atoms with Crippen LogP contribution in [0.3, 0.4) is 0 Å². The first kappa shape index (κ1) is 16.9. The van der Waals surface area contributed by atoms with E-state index in [-0.39, 0.29) is 5.43 Å². The summed E-state index contributed by atoms with van der Waals surface area (Å²) >= 11 is 0. The fourth-order valence-corrected chi connectivity index (χ4v) is 2.82. The second-order valence-corrected chi connectivity index (χ2v) is 5.59. The summed E-state index contributed by atoms with van der Waals surface area (Å²) in [4.78, 5) is 12.4. The van der Waals surface area contributed by atoms with E-state index in [1.807, 2.05) is 24.3 Å². The number of ether oxygens (including phenoxy) is 3. The summed E-state index contributed by atoms with van der Waals surface area (Å²) < 4.78 is 21.8. The van der Waals surface area contributed by atoms with Crippen molar-refractivity contribution in [2.24, 2.45) is 0 Å². The lowest BCUT2D eigenvalue weighted by atomic mass is 10.1. The third kappa shape index (κ3) is 3.45. The van der Waals surface area contributed by atoms with Crippen molar-refractivity contribution < 1.29 is 18.6 Å². The highest BCUT2D eigenvalue weighted by Crippen LogP contribution is 2.31. The first-order chi connectivity index (χ1) is 12.2. The first-order valence-electron chi connectivity index (χ1n) is 7.97. The standard InChI is InChI=1S/C20H20O5/c1-22-17-7-5-4-6-13(17)8-9-14-10-16(21)15-11-19(23-2)20(24-3)12-18(15)25-14/h4-7,10-12H,8-9H2,1-3H3. The van der Waals surface area contributed by atoms with Gasteiger partial charge in [-0.05, 0) is 24.1 Å². The largest absolute Gasteiger partial charge is 0.496 e. The maximum atomic E-state index is 12.4. The Morgan fingerprint density at radius 3 is 2.24 bits per heavy atom. The van der Waals surface area contributed by atoms with Gasteiger partial charge in [-0.25, -0.2) is 0 Å². The highest BCUT2D eigenvalue weighted by molar-refractivity contribution is 5.80. The molecule has 0 amide bonds. The van der Waals surface area contributed by atoms with Gasteiger partial charge in [-0.15, -0.1) is 0 Å². The van der Waals surface area contributed by atoms with Crippen LogP contribution >= 0.6 is 0 Å². The molecule has 0 atom stereocenters. The number of methoxy groups -OCH3 is 3. The molecule has 0 fully saturated rings. The van der Waals surface area contributed by atoms with Crippen molar-refractivity contribution >= 4 is 11.0 Å². The molecule has 0 N–H and O–H groups in total. The van der Waals surface area contributed by atoms with Crippen LogP contribution in [0.1, 0.15) is 11.3 Å². The Bertz CT molecular complexity index is 942. The summed E-state index contributed by atoms with van der Waals surface area (Å²) in [5.41, 5.74) is 1.46. The molecule has 0 saturated heterocycles. The van der Waals surface area contributed by atoms with Crippen LogP contribution in [-0.4, -0.2) is 21.3 Å². The molecule has 0 aliphatic carbocycles. The van der Waals surface area contributed by atoms with Crippen molar-refractivity contribution in [3.05, 3.63) is 64.0 Å². The fourth-order valence-electron chi connectivity index (χ4n) is 2.82. The minimum absolute atomic E-state index is 0.0998. The molecule has 0 bridgehead atoms. The number of hydrogen-bond donors (Lipinski definition) is 0. The number of hydrogen-bond acceptors (Lipinski definition) is 5. The average molecular weight is 340 g/mol. The molecule has 25 heavy (non-hydrogen) atoms. The number of aryl methyl sites for hydroxylation is 2. The Hall–Kier alpha value is -2.95. The molecule has 3 rings (SSSR count). The van der Waals surface area contributed by atoms with E-state index in [0.29, 0.717) is 41.1 Å². The monoisotopic (exact) mass is 340 g/mol. The lowest BCUT2D eigenvalue weighted by Crippen LogP contribution is -2.04. The van der Waals surface area contributed by atoms with Crippen LogP contribution < -0.4 is 19.6 Å². The van der Waals surface area contributed by atoms with Gasteiger partial charge in [-0.1, -0.05) is 18.2 Å². The molecule has 1 aromatic heterocycles. The van der Waals surface area contributed by atoms with Gasteiger partial charge in [0.2, 0.25) is 0 Å². The molecule has 1 heterocycles. The van der Waals surface area contributed by atoms with Gasteiger partial charge in [-0.2, -0.15) is 0 Å². The molecule has 0 aliphatic heterocycles. The molecule has 0 unspecified atom stereocenters. The van der Waals surface area contributed by atoms with Crippen LogP contribution in [0, 0.1) is 0 Å². The maximum absolute atomic E-state index is 12.4. The van der Waals surface area contributed by atoms with E-state index in [2.05, 4.69) is 0 Å². The third-order valence-corrected chi connectivity index (χ3v) is 4.12. The highest BCUT2D eigenvalue weighted by Gasteiger charge is 2.12. The van der Waals surface area contributed by atoms with Crippen molar-refractivity contribution in [1.82, 2.24) is 0 Å². The SMILES string of the molecule is COc1ccccc1CCc1cc(=O)c2cc(OC)c(OC)cc2o1. The van der Waals surface area contributed by atoms with Crippen LogP contribution in [0.25, 0.3) is 11.0 Å². The van der Waals surface area contributed by atoms with Crippen molar-refractivity contribution in [2.75, 3.05) is 21.3 Å². The number of benzene rings is 2. The van der Waals surface area contributed by atoms with Crippen LogP contribution in [0.15, 0.2) is 51.7 Å². The molecule has 0 aliphatic rings. The van der Waals surface area contributed by atoms with Crippen molar-refractivity contribution in [3.8, 4) is 17.2 Å². The van der Waals surface area contributed by atoms with Gasteiger partial charge in [0, 0.05) is 18.6 Å². The molecule has 5 heteroatoms.